The molecule has 0 aliphatic carbocycles. The van der Waals surface area contributed by atoms with Crippen molar-refractivity contribution in [2.24, 2.45) is 0 Å². The van der Waals surface area contributed by atoms with Gasteiger partial charge < -0.3 is 9.47 Å². The molecule has 1 unspecified atom stereocenters. The fourth-order valence-corrected chi connectivity index (χ4v) is 4.10. The van der Waals surface area contributed by atoms with Crippen molar-refractivity contribution in [1.29, 1.82) is 0 Å². The molecule has 0 radical (unpaired) electrons. The van der Waals surface area contributed by atoms with E-state index in [4.69, 9.17) is 14.5 Å². The summed E-state index contributed by atoms with van der Waals surface area (Å²) < 4.78 is 11.3. The monoisotopic (exact) mass is 369 g/mol. The molecule has 2 aromatic rings. The molecular formula is C22H31N3O2. The normalized spacial score (nSPS) is 20.6. The number of hydrogen-bond donors (Lipinski definition) is 0. The van der Waals surface area contributed by atoms with E-state index in [1.165, 1.54) is 18.4 Å². The summed E-state index contributed by atoms with van der Waals surface area (Å²) in [4.78, 5) is 11.8. The van der Waals surface area contributed by atoms with Crippen LogP contribution in [0.4, 0.5) is 0 Å². The minimum absolute atomic E-state index is 0. The molecule has 4 heterocycles. The maximum atomic E-state index is 5.66. The lowest BCUT2D eigenvalue weighted by atomic mass is 9.89. The Morgan fingerprint density at radius 3 is 2.59 bits per heavy atom. The van der Waals surface area contributed by atoms with Crippen LogP contribution in [0.3, 0.4) is 0 Å². The van der Waals surface area contributed by atoms with Gasteiger partial charge in [0.2, 0.25) is 0 Å². The number of ether oxygens (including phenoxy) is 2. The Hall–Kier alpha value is -2.14. The molecule has 0 amide bonds. The van der Waals surface area contributed by atoms with Gasteiger partial charge in [0.1, 0.15) is 13.2 Å². The van der Waals surface area contributed by atoms with E-state index in [9.17, 15) is 0 Å². The first-order valence-corrected chi connectivity index (χ1v) is 9.56. The van der Waals surface area contributed by atoms with Crippen LogP contribution in [0.5, 0.6) is 11.6 Å². The first kappa shape index (κ1) is 19.6. The highest BCUT2D eigenvalue weighted by Gasteiger charge is 2.27. The molecule has 0 bridgehead atoms. The van der Waals surface area contributed by atoms with Crippen LogP contribution in [0.2, 0.25) is 0 Å². The van der Waals surface area contributed by atoms with Crippen LogP contribution < -0.4 is 9.47 Å². The average molecular weight is 370 g/mol. The highest BCUT2D eigenvalue weighted by atomic mass is 16.6. The Bertz CT molecular complexity index is 773. The molecule has 0 saturated carbocycles. The molecule has 27 heavy (non-hydrogen) atoms. The number of rotatable bonds is 3. The topological polar surface area (TPSA) is 47.5 Å². The fourth-order valence-electron chi connectivity index (χ4n) is 4.10. The highest BCUT2D eigenvalue weighted by Crippen LogP contribution is 2.34. The number of hydrogen-bond acceptors (Lipinski definition) is 5. The first-order chi connectivity index (χ1) is 12.6. The van der Waals surface area contributed by atoms with E-state index in [2.05, 4.69) is 48.9 Å². The number of fused-ring (bicyclic) bond motifs is 1. The summed E-state index contributed by atoms with van der Waals surface area (Å²) in [6.07, 6.45) is 2.45. The largest absolute Gasteiger partial charge is 0.484 e. The summed E-state index contributed by atoms with van der Waals surface area (Å²) in [5.41, 5.74) is 4.69. The van der Waals surface area contributed by atoms with Gasteiger partial charge in [0.15, 0.2) is 5.75 Å². The second-order valence-corrected chi connectivity index (χ2v) is 7.43. The van der Waals surface area contributed by atoms with Gasteiger partial charge in [0.05, 0.1) is 5.69 Å². The van der Waals surface area contributed by atoms with E-state index < -0.39 is 0 Å². The Morgan fingerprint density at radius 1 is 1.07 bits per heavy atom. The summed E-state index contributed by atoms with van der Waals surface area (Å²) in [5, 5.41) is 0. The molecule has 0 spiro atoms. The molecule has 4 rings (SSSR count). The van der Waals surface area contributed by atoms with Gasteiger partial charge in [-0.1, -0.05) is 7.43 Å². The van der Waals surface area contributed by atoms with Gasteiger partial charge in [0.25, 0.3) is 5.88 Å². The van der Waals surface area contributed by atoms with Crippen molar-refractivity contribution in [3.63, 3.8) is 0 Å². The van der Waals surface area contributed by atoms with E-state index in [-0.39, 0.29) is 13.5 Å². The fraction of sp³-hybridized carbons (Fsp3) is 0.545. The number of piperidine rings is 1. The Labute approximate surface area is 162 Å². The molecule has 0 N–H and O–H groups in total. The quantitative estimate of drug-likeness (QED) is 0.800. The zero-order valence-electron chi connectivity index (χ0n) is 15.9. The zero-order valence-corrected chi connectivity index (χ0v) is 15.9. The third kappa shape index (κ3) is 4.24. The van der Waals surface area contributed by atoms with Gasteiger partial charge in [-0.2, -0.15) is 0 Å². The molecule has 5 nitrogen and oxygen atoms in total. The number of aromatic nitrogens is 2. The van der Waals surface area contributed by atoms with Crippen molar-refractivity contribution < 1.29 is 9.47 Å². The smallest absolute Gasteiger partial charge is 0.257 e. The summed E-state index contributed by atoms with van der Waals surface area (Å²) >= 11 is 0. The molecule has 2 atom stereocenters. The van der Waals surface area contributed by atoms with E-state index >= 15 is 0 Å². The molecule has 2 aromatic heterocycles. The number of nitrogens with zero attached hydrogens (tertiary/aromatic N) is 3. The van der Waals surface area contributed by atoms with Crippen LogP contribution in [0.25, 0.3) is 0 Å². The lowest BCUT2D eigenvalue weighted by molar-refractivity contribution is 0.147. The summed E-state index contributed by atoms with van der Waals surface area (Å²) in [7, 11) is 0. The summed E-state index contributed by atoms with van der Waals surface area (Å²) in [6, 6.07) is 8.81. The van der Waals surface area contributed by atoms with Crippen LogP contribution >= 0.6 is 0 Å². The predicted molar refractivity (Wildman–Crippen MR) is 108 cm³/mol. The van der Waals surface area contributed by atoms with Gasteiger partial charge in [-0.25, -0.2) is 4.98 Å². The number of likely N-dealkylation sites (tertiary alicyclic amines) is 1. The minimum Gasteiger partial charge on any atom is -0.484 e. The van der Waals surface area contributed by atoms with E-state index in [0.717, 1.165) is 35.9 Å². The maximum absolute atomic E-state index is 5.66. The van der Waals surface area contributed by atoms with Crippen molar-refractivity contribution in [2.75, 3.05) is 26.3 Å². The molecule has 1 saturated heterocycles. The third-order valence-corrected chi connectivity index (χ3v) is 5.43. The van der Waals surface area contributed by atoms with E-state index in [0.29, 0.717) is 25.0 Å². The Morgan fingerprint density at radius 2 is 1.81 bits per heavy atom. The van der Waals surface area contributed by atoms with Crippen LogP contribution in [0.15, 0.2) is 24.3 Å². The average Bonchev–Trinajstić information content (AvgIpc) is 2.66. The van der Waals surface area contributed by atoms with Crippen LogP contribution in [-0.4, -0.2) is 41.2 Å². The molecule has 1 fully saturated rings. The standard InChI is InChI=1S/C21H27N3O2.CH4/c1-14-11-18(12-15(2)22-14)17-5-4-8-24(13-17)16(3)19-6-7-20-21(23-19)26-10-9-25-20;/h6-7,11-12,16-17H,4-5,8-10,13H2,1-3H3;1H4/t16?,17-;/m0./s1. The molecule has 2 aliphatic heterocycles. The van der Waals surface area contributed by atoms with Gasteiger partial charge in [-0.05, 0) is 75.9 Å². The van der Waals surface area contributed by atoms with Crippen molar-refractivity contribution >= 4 is 0 Å². The molecule has 146 valence electrons. The van der Waals surface area contributed by atoms with Crippen molar-refractivity contribution in [1.82, 2.24) is 14.9 Å². The van der Waals surface area contributed by atoms with Crippen molar-refractivity contribution in [3.05, 3.63) is 46.9 Å². The summed E-state index contributed by atoms with van der Waals surface area (Å²) in [5.74, 6) is 1.95. The van der Waals surface area contributed by atoms with Crippen molar-refractivity contribution in [2.45, 2.75) is 53.0 Å². The first-order valence-electron chi connectivity index (χ1n) is 9.56. The zero-order chi connectivity index (χ0) is 18.1. The predicted octanol–water partition coefficient (Wildman–Crippen LogP) is 4.44. The second kappa shape index (κ2) is 8.26. The number of pyridine rings is 2. The van der Waals surface area contributed by atoms with Gasteiger partial charge in [0, 0.05) is 24.0 Å². The minimum atomic E-state index is 0. The Kier molecular flexibility index (Phi) is 6.00. The second-order valence-electron chi connectivity index (χ2n) is 7.43. The van der Waals surface area contributed by atoms with Crippen LogP contribution in [0.1, 0.15) is 61.8 Å². The van der Waals surface area contributed by atoms with Crippen molar-refractivity contribution in [3.8, 4) is 11.6 Å². The Balaban J connectivity index is 0.00000210. The van der Waals surface area contributed by atoms with Crippen LogP contribution in [-0.2, 0) is 0 Å². The molecule has 2 aliphatic rings. The van der Waals surface area contributed by atoms with E-state index in [1.54, 1.807) is 0 Å². The SMILES string of the molecule is C.Cc1cc([C@H]2CCCN(C(C)c3ccc4c(n3)OCCO4)C2)cc(C)n1. The van der Waals surface area contributed by atoms with E-state index in [1.807, 2.05) is 6.07 Å². The summed E-state index contributed by atoms with van der Waals surface area (Å²) in [6.45, 7) is 9.74. The molecule has 0 aromatic carbocycles. The van der Waals surface area contributed by atoms with Gasteiger partial charge in [-0.15, -0.1) is 0 Å². The molecular weight excluding hydrogens is 338 g/mol. The highest BCUT2D eigenvalue weighted by molar-refractivity contribution is 5.36. The maximum Gasteiger partial charge on any atom is 0.257 e. The van der Waals surface area contributed by atoms with Gasteiger partial charge >= 0.3 is 0 Å². The van der Waals surface area contributed by atoms with Crippen LogP contribution in [0, 0.1) is 13.8 Å². The van der Waals surface area contributed by atoms with Gasteiger partial charge in [-0.3, -0.25) is 9.88 Å². The number of aryl methyl sites for hydroxylation is 2. The lowest BCUT2D eigenvalue weighted by Gasteiger charge is -2.37. The lowest BCUT2D eigenvalue weighted by Crippen LogP contribution is -2.36. The third-order valence-electron chi connectivity index (χ3n) is 5.43. The molecule has 5 heteroatoms.